The minimum atomic E-state index is -0.291. The van der Waals surface area contributed by atoms with Crippen LogP contribution in [0.1, 0.15) is 44.9 Å². The predicted octanol–water partition coefficient (Wildman–Crippen LogP) is 1.10. The number of aliphatic hydroxyl groups is 1. The number of rotatable bonds is 2. The van der Waals surface area contributed by atoms with Gasteiger partial charge in [0.1, 0.15) is 0 Å². The summed E-state index contributed by atoms with van der Waals surface area (Å²) in [6, 6.07) is 0.635. The number of likely N-dealkylation sites (tertiary alicyclic amines) is 1. The summed E-state index contributed by atoms with van der Waals surface area (Å²) in [6.45, 7) is 2.63. The molecule has 2 rings (SSSR count). The van der Waals surface area contributed by atoms with E-state index in [1.165, 1.54) is 45.2 Å². The second kappa shape index (κ2) is 4.81. The van der Waals surface area contributed by atoms with E-state index in [1.807, 2.05) is 0 Å². The summed E-state index contributed by atoms with van der Waals surface area (Å²) in [5.41, 5.74) is 5.89. The molecule has 2 fully saturated rings. The second-order valence-electron chi connectivity index (χ2n) is 5.37. The minimum Gasteiger partial charge on any atom is -0.394 e. The maximum absolute atomic E-state index is 9.32. The Morgan fingerprint density at radius 3 is 2.60 bits per heavy atom. The molecule has 2 unspecified atom stereocenters. The normalized spacial score (nSPS) is 39.2. The van der Waals surface area contributed by atoms with E-state index in [0.29, 0.717) is 6.04 Å². The van der Waals surface area contributed by atoms with E-state index < -0.39 is 0 Å². The molecule has 1 aliphatic heterocycles. The van der Waals surface area contributed by atoms with Gasteiger partial charge >= 0.3 is 0 Å². The molecule has 15 heavy (non-hydrogen) atoms. The molecule has 3 nitrogen and oxygen atoms in total. The van der Waals surface area contributed by atoms with Crippen LogP contribution in [0, 0.1) is 0 Å². The molecule has 1 aliphatic carbocycles. The van der Waals surface area contributed by atoms with Gasteiger partial charge in [-0.3, -0.25) is 0 Å². The van der Waals surface area contributed by atoms with Crippen LogP contribution in [-0.4, -0.2) is 41.3 Å². The number of nitrogens with two attached hydrogens (primary N) is 1. The molecule has 0 spiro atoms. The molecular weight excluding hydrogens is 188 g/mol. The van der Waals surface area contributed by atoms with E-state index >= 15 is 0 Å². The zero-order valence-electron chi connectivity index (χ0n) is 9.62. The molecule has 0 aromatic heterocycles. The Morgan fingerprint density at radius 2 is 1.93 bits per heavy atom. The minimum absolute atomic E-state index is 0.150. The molecule has 2 aliphatic rings. The number of hydrogen-bond acceptors (Lipinski definition) is 3. The fourth-order valence-electron chi connectivity index (χ4n) is 3.10. The van der Waals surface area contributed by atoms with Gasteiger partial charge in [-0.15, -0.1) is 0 Å². The average molecular weight is 212 g/mol. The Hall–Kier alpha value is -0.120. The highest BCUT2D eigenvalue weighted by Gasteiger charge is 2.34. The van der Waals surface area contributed by atoms with Crippen molar-refractivity contribution < 1.29 is 5.11 Å². The van der Waals surface area contributed by atoms with Crippen LogP contribution in [-0.2, 0) is 0 Å². The first-order valence-corrected chi connectivity index (χ1v) is 6.37. The zero-order valence-corrected chi connectivity index (χ0v) is 9.62. The average Bonchev–Trinajstić information content (AvgIpc) is 2.30. The SMILES string of the molecule is NC1(CO)CCCC(N2CCCCC2)C1. The maximum atomic E-state index is 9.32. The zero-order chi connectivity index (χ0) is 10.7. The summed E-state index contributed by atoms with van der Waals surface area (Å²) < 4.78 is 0. The van der Waals surface area contributed by atoms with E-state index in [4.69, 9.17) is 5.73 Å². The molecule has 1 saturated carbocycles. The lowest BCUT2D eigenvalue weighted by atomic mass is 9.79. The van der Waals surface area contributed by atoms with Crippen molar-refractivity contribution in [1.29, 1.82) is 0 Å². The first-order valence-electron chi connectivity index (χ1n) is 6.37. The van der Waals surface area contributed by atoms with Crippen molar-refractivity contribution in [3.05, 3.63) is 0 Å². The molecule has 88 valence electrons. The molecule has 0 bridgehead atoms. The predicted molar refractivity (Wildman–Crippen MR) is 61.7 cm³/mol. The van der Waals surface area contributed by atoms with Crippen molar-refractivity contribution in [2.75, 3.05) is 19.7 Å². The molecule has 0 aromatic rings. The third-order valence-electron chi connectivity index (χ3n) is 4.08. The second-order valence-corrected chi connectivity index (χ2v) is 5.37. The van der Waals surface area contributed by atoms with Crippen LogP contribution in [0.3, 0.4) is 0 Å². The molecule has 0 amide bonds. The Labute approximate surface area is 92.6 Å². The van der Waals surface area contributed by atoms with Crippen LogP contribution in [0.25, 0.3) is 0 Å². The van der Waals surface area contributed by atoms with Crippen molar-refractivity contribution in [2.45, 2.75) is 56.5 Å². The van der Waals surface area contributed by atoms with Gasteiger partial charge in [0.25, 0.3) is 0 Å². The van der Waals surface area contributed by atoms with Crippen LogP contribution in [0.4, 0.5) is 0 Å². The van der Waals surface area contributed by atoms with Gasteiger partial charge in [-0.05, 0) is 51.6 Å². The summed E-state index contributed by atoms with van der Waals surface area (Å²) >= 11 is 0. The number of nitrogens with zero attached hydrogens (tertiary/aromatic N) is 1. The van der Waals surface area contributed by atoms with Crippen LogP contribution in [0.2, 0.25) is 0 Å². The number of piperidine rings is 1. The fraction of sp³-hybridized carbons (Fsp3) is 1.00. The standard InChI is InChI=1S/C12H24N2O/c13-12(10-15)6-4-5-11(9-12)14-7-2-1-3-8-14/h11,15H,1-10,13H2. The molecule has 3 heteroatoms. The lowest BCUT2D eigenvalue weighted by Crippen LogP contribution is -2.53. The summed E-state index contributed by atoms with van der Waals surface area (Å²) in [6.07, 6.45) is 8.51. The quantitative estimate of drug-likeness (QED) is 0.721. The van der Waals surface area contributed by atoms with E-state index in [0.717, 1.165) is 12.8 Å². The van der Waals surface area contributed by atoms with E-state index in [9.17, 15) is 5.11 Å². The highest BCUT2D eigenvalue weighted by atomic mass is 16.3. The van der Waals surface area contributed by atoms with Crippen molar-refractivity contribution >= 4 is 0 Å². The molecule has 0 aromatic carbocycles. The van der Waals surface area contributed by atoms with Gasteiger partial charge in [0.2, 0.25) is 0 Å². The highest BCUT2D eigenvalue weighted by molar-refractivity contribution is 4.94. The summed E-state index contributed by atoms with van der Waals surface area (Å²) in [7, 11) is 0. The summed E-state index contributed by atoms with van der Waals surface area (Å²) in [4.78, 5) is 2.60. The smallest absolute Gasteiger partial charge is 0.0611 e. The van der Waals surface area contributed by atoms with Crippen LogP contribution in [0.15, 0.2) is 0 Å². The Kier molecular flexibility index (Phi) is 3.65. The van der Waals surface area contributed by atoms with Crippen molar-refractivity contribution in [2.24, 2.45) is 5.73 Å². The molecule has 3 N–H and O–H groups in total. The third-order valence-corrected chi connectivity index (χ3v) is 4.08. The fourth-order valence-corrected chi connectivity index (χ4v) is 3.10. The van der Waals surface area contributed by atoms with E-state index in [2.05, 4.69) is 4.90 Å². The molecule has 2 atom stereocenters. The Balaban J connectivity index is 1.91. The molecule has 0 radical (unpaired) electrons. The van der Waals surface area contributed by atoms with Crippen molar-refractivity contribution in [1.82, 2.24) is 4.90 Å². The largest absolute Gasteiger partial charge is 0.394 e. The Morgan fingerprint density at radius 1 is 1.20 bits per heavy atom. The molecule has 1 heterocycles. The van der Waals surface area contributed by atoms with Crippen molar-refractivity contribution in [3.8, 4) is 0 Å². The maximum Gasteiger partial charge on any atom is 0.0611 e. The van der Waals surface area contributed by atoms with Crippen LogP contribution < -0.4 is 5.73 Å². The van der Waals surface area contributed by atoms with Gasteiger partial charge in [-0.25, -0.2) is 0 Å². The monoisotopic (exact) mass is 212 g/mol. The lowest BCUT2D eigenvalue weighted by Gasteiger charge is -2.43. The van der Waals surface area contributed by atoms with Gasteiger partial charge in [-0.1, -0.05) is 6.42 Å². The van der Waals surface area contributed by atoms with Gasteiger partial charge in [-0.2, -0.15) is 0 Å². The number of aliphatic hydroxyl groups excluding tert-OH is 1. The van der Waals surface area contributed by atoms with Gasteiger partial charge < -0.3 is 15.7 Å². The topological polar surface area (TPSA) is 49.5 Å². The summed E-state index contributed by atoms with van der Waals surface area (Å²) in [5.74, 6) is 0. The van der Waals surface area contributed by atoms with Gasteiger partial charge in [0, 0.05) is 11.6 Å². The van der Waals surface area contributed by atoms with Gasteiger partial charge in [0.05, 0.1) is 6.61 Å². The summed E-state index contributed by atoms with van der Waals surface area (Å²) in [5, 5.41) is 9.32. The first kappa shape index (κ1) is 11.4. The third kappa shape index (κ3) is 2.71. The highest BCUT2D eigenvalue weighted by Crippen LogP contribution is 2.30. The molecular formula is C12H24N2O. The van der Waals surface area contributed by atoms with E-state index in [-0.39, 0.29) is 12.1 Å². The lowest BCUT2D eigenvalue weighted by molar-refractivity contribution is 0.0700. The Bertz CT molecular complexity index is 204. The molecule has 1 saturated heterocycles. The van der Waals surface area contributed by atoms with Crippen LogP contribution >= 0.6 is 0 Å². The number of hydrogen-bond donors (Lipinski definition) is 2. The van der Waals surface area contributed by atoms with E-state index in [1.54, 1.807) is 0 Å². The van der Waals surface area contributed by atoms with Crippen molar-refractivity contribution in [3.63, 3.8) is 0 Å². The van der Waals surface area contributed by atoms with Crippen LogP contribution in [0.5, 0.6) is 0 Å². The first-order chi connectivity index (χ1) is 7.23. The van der Waals surface area contributed by atoms with Gasteiger partial charge in [0.15, 0.2) is 0 Å².